The molecule has 20 heavy (non-hydrogen) atoms. The van der Waals surface area contributed by atoms with Gasteiger partial charge in [0.25, 0.3) is 0 Å². The Kier molecular flexibility index (Phi) is 4.40. The van der Waals surface area contributed by atoms with Gasteiger partial charge in [-0.3, -0.25) is 4.90 Å². The van der Waals surface area contributed by atoms with Crippen LogP contribution in [0.2, 0.25) is 0 Å². The van der Waals surface area contributed by atoms with Crippen molar-refractivity contribution in [3.05, 3.63) is 0 Å². The van der Waals surface area contributed by atoms with E-state index < -0.39 is 0 Å². The largest absolute Gasteiger partial charge is 0.376 e. The van der Waals surface area contributed by atoms with Gasteiger partial charge >= 0.3 is 0 Å². The summed E-state index contributed by atoms with van der Waals surface area (Å²) in [5, 5.41) is 3.86. The Hall–Kier alpha value is -0.120. The van der Waals surface area contributed by atoms with Crippen LogP contribution >= 0.6 is 0 Å². The standard InChI is InChI=1S/C17H32N2O/c1-4-14-11-18-17(5-2,6-3)12-19(14)15-9-10-20-16(15)13-7-8-13/h13-16,18H,4-12H2,1-3H3. The summed E-state index contributed by atoms with van der Waals surface area (Å²) in [5.41, 5.74) is 0.336. The Morgan fingerprint density at radius 3 is 2.50 bits per heavy atom. The number of nitrogens with one attached hydrogen (secondary N) is 1. The Morgan fingerprint density at radius 2 is 1.90 bits per heavy atom. The van der Waals surface area contributed by atoms with E-state index >= 15 is 0 Å². The molecule has 0 radical (unpaired) electrons. The highest BCUT2D eigenvalue weighted by molar-refractivity contribution is 5.03. The summed E-state index contributed by atoms with van der Waals surface area (Å²) >= 11 is 0. The summed E-state index contributed by atoms with van der Waals surface area (Å²) in [6, 6.07) is 1.39. The molecule has 3 unspecified atom stereocenters. The molecule has 3 fully saturated rings. The highest BCUT2D eigenvalue weighted by Crippen LogP contribution is 2.42. The zero-order chi connectivity index (χ0) is 14.2. The molecule has 3 atom stereocenters. The van der Waals surface area contributed by atoms with Crippen molar-refractivity contribution in [2.45, 2.75) is 83.0 Å². The van der Waals surface area contributed by atoms with Crippen molar-refractivity contribution in [1.29, 1.82) is 0 Å². The molecule has 0 aromatic rings. The van der Waals surface area contributed by atoms with Crippen LogP contribution in [-0.4, -0.2) is 48.3 Å². The first kappa shape index (κ1) is 14.8. The van der Waals surface area contributed by atoms with Gasteiger partial charge in [-0.25, -0.2) is 0 Å². The van der Waals surface area contributed by atoms with Crippen molar-refractivity contribution in [2.75, 3.05) is 19.7 Å². The molecule has 116 valence electrons. The quantitative estimate of drug-likeness (QED) is 0.838. The van der Waals surface area contributed by atoms with Crippen molar-refractivity contribution in [3.8, 4) is 0 Å². The minimum Gasteiger partial charge on any atom is -0.376 e. The molecular weight excluding hydrogens is 248 g/mol. The average molecular weight is 280 g/mol. The lowest BCUT2D eigenvalue weighted by atomic mass is 9.86. The van der Waals surface area contributed by atoms with Crippen molar-refractivity contribution in [2.24, 2.45) is 5.92 Å². The van der Waals surface area contributed by atoms with Crippen LogP contribution in [0.1, 0.15) is 59.3 Å². The van der Waals surface area contributed by atoms with Gasteiger partial charge in [0.2, 0.25) is 0 Å². The van der Waals surface area contributed by atoms with E-state index in [9.17, 15) is 0 Å². The molecule has 0 aromatic carbocycles. The number of piperazine rings is 1. The molecule has 0 bridgehead atoms. The third-order valence-electron chi connectivity index (χ3n) is 6.11. The lowest BCUT2D eigenvalue weighted by Gasteiger charge is -2.50. The van der Waals surface area contributed by atoms with Gasteiger partial charge in [0.1, 0.15) is 0 Å². The van der Waals surface area contributed by atoms with E-state index in [-0.39, 0.29) is 0 Å². The molecular formula is C17H32N2O. The van der Waals surface area contributed by atoms with Crippen LogP contribution in [0, 0.1) is 5.92 Å². The number of ether oxygens (including phenoxy) is 1. The van der Waals surface area contributed by atoms with Gasteiger partial charge in [-0.2, -0.15) is 0 Å². The molecule has 2 heterocycles. The fraction of sp³-hybridized carbons (Fsp3) is 1.00. The molecule has 1 saturated carbocycles. The Morgan fingerprint density at radius 1 is 1.15 bits per heavy atom. The summed E-state index contributed by atoms with van der Waals surface area (Å²) < 4.78 is 6.11. The molecule has 0 aromatic heterocycles. The van der Waals surface area contributed by atoms with Crippen LogP contribution in [0.4, 0.5) is 0 Å². The third kappa shape index (κ3) is 2.65. The fourth-order valence-corrected chi connectivity index (χ4v) is 4.31. The summed E-state index contributed by atoms with van der Waals surface area (Å²) in [6.45, 7) is 10.4. The monoisotopic (exact) mass is 280 g/mol. The molecule has 3 rings (SSSR count). The normalized spacial score (nSPS) is 38.2. The first-order chi connectivity index (χ1) is 9.73. The van der Waals surface area contributed by atoms with Crippen LogP contribution in [-0.2, 0) is 4.74 Å². The second-order valence-electron chi connectivity index (χ2n) is 7.13. The molecule has 1 N–H and O–H groups in total. The Bertz CT molecular complexity index is 325. The lowest BCUT2D eigenvalue weighted by Crippen LogP contribution is -2.66. The first-order valence-electron chi connectivity index (χ1n) is 8.85. The van der Waals surface area contributed by atoms with Gasteiger partial charge < -0.3 is 10.1 Å². The van der Waals surface area contributed by atoms with Crippen LogP contribution < -0.4 is 5.32 Å². The van der Waals surface area contributed by atoms with E-state index in [2.05, 4.69) is 31.0 Å². The van der Waals surface area contributed by atoms with Gasteiger partial charge in [-0.1, -0.05) is 20.8 Å². The second-order valence-corrected chi connectivity index (χ2v) is 7.13. The Balaban J connectivity index is 1.76. The minimum absolute atomic E-state index is 0.336. The number of hydrogen-bond donors (Lipinski definition) is 1. The average Bonchev–Trinajstić information content (AvgIpc) is 3.23. The van der Waals surface area contributed by atoms with Crippen LogP contribution in [0.25, 0.3) is 0 Å². The van der Waals surface area contributed by atoms with E-state index in [0.717, 1.165) is 19.1 Å². The summed E-state index contributed by atoms with van der Waals surface area (Å²) in [7, 11) is 0. The second kappa shape index (κ2) is 5.94. The highest BCUT2D eigenvalue weighted by Gasteiger charge is 2.47. The fourth-order valence-electron chi connectivity index (χ4n) is 4.31. The summed E-state index contributed by atoms with van der Waals surface area (Å²) in [6.07, 6.45) is 8.31. The maximum absolute atomic E-state index is 6.11. The smallest absolute Gasteiger partial charge is 0.0759 e. The lowest BCUT2D eigenvalue weighted by molar-refractivity contribution is -0.00932. The molecule has 1 aliphatic carbocycles. The van der Waals surface area contributed by atoms with E-state index in [0.29, 0.717) is 23.7 Å². The van der Waals surface area contributed by atoms with Crippen molar-refractivity contribution in [1.82, 2.24) is 10.2 Å². The maximum atomic E-state index is 6.11. The topological polar surface area (TPSA) is 24.5 Å². The molecule has 0 spiro atoms. The number of rotatable bonds is 5. The van der Waals surface area contributed by atoms with Crippen molar-refractivity contribution in [3.63, 3.8) is 0 Å². The highest BCUT2D eigenvalue weighted by atomic mass is 16.5. The minimum atomic E-state index is 0.336. The maximum Gasteiger partial charge on any atom is 0.0759 e. The van der Waals surface area contributed by atoms with Crippen LogP contribution in [0.3, 0.4) is 0 Å². The van der Waals surface area contributed by atoms with E-state index in [1.807, 2.05) is 0 Å². The van der Waals surface area contributed by atoms with Gasteiger partial charge in [0, 0.05) is 37.3 Å². The predicted molar refractivity (Wildman–Crippen MR) is 83.0 cm³/mol. The predicted octanol–water partition coefficient (Wildman–Crippen LogP) is 2.80. The van der Waals surface area contributed by atoms with Gasteiger partial charge in [0.15, 0.2) is 0 Å². The van der Waals surface area contributed by atoms with E-state index in [1.165, 1.54) is 45.1 Å². The molecule has 2 saturated heterocycles. The van der Waals surface area contributed by atoms with Gasteiger partial charge in [-0.05, 0) is 44.4 Å². The van der Waals surface area contributed by atoms with Gasteiger partial charge in [0.05, 0.1) is 6.10 Å². The molecule has 3 aliphatic rings. The van der Waals surface area contributed by atoms with E-state index in [4.69, 9.17) is 4.74 Å². The van der Waals surface area contributed by atoms with Gasteiger partial charge in [-0.15, -0.1) is 0 Å². The van der Waals surface area contributed by atoms with Crippen molar-refractivity contribution < 1.29 is 4.74 Å². The first-order valence-corrected chi connectivity index (χ1v) is 8.85. The van der Waals surface area contributed by atoms with Crippen LogP contribution in [0.15, 0.2) is 0 Å². The third-order valence-corrected chi connectivity index (χ3v) is 6.11. The molecule has 2 aliphatic heterocycles. The molecule has 0 amide bonds. The number of nitrogens with zero attached hydrogens (tertiary/aromatic N) is 1. The summed E-state index contributed by atoms with van der Waals surface area (Å²) in [5.74, 6) is 0.868. The number of hydrogen-bond acceptors (Lipinski definition) is 3. The summed E-state index contributed by atoms with van der Waals surface area (Å²) in [4.78, 5) is 2.83. The van der Waals surface area contributed by atoms with Crippen molar-refractivity contribution >= 4 is 0 Å². The zero-order valence-corrected chi connectivity index (χ0v) is 13.5. The molecule has 3 nitrogen and oxygen atoms in total. The zero-order valence-electron chi connectivity index (χ0n) is 13.5. The molecule has 3 heteroatoms. The Labute approximate surface area is 124 Å². The SMILES string of the molecule is CCC1CNC(CC)(CC)CN1C1CCOC1C1CC1. The van der Waals surface area contributed by atoms with E-state index in [1.54, 1.807) is 0 Å². The van der Waals surface area contributed by atoms with Crippen LogP contribution in [0.5, 0.6) is 0 Å².